The van der Waals surface area contributed by atoms with Gasteiger partial charge in [-0.05, 0) is 28.8 Å². The van der Waals surface area contributed by atoms with Gasteiger partial charge in [0.25, 0.3) is 0 Å². The molecule has 6 nitrogen and oxygen atoms in total. The summed E-state index contributed by atoms with van der Waals surface area (Å²) in [5.74, 6) is 0.749. The molecule has 0 bridgehead atoms. The first-order chi connectivity index (χ1) is 8.09. The highest BCUT2D eigenvalue weighted by molar-refractivity contribution is 9.10. The first-order valence-electron chi connectivity index (χ1n) is 5.40. The molecule has 2 heterocycles. The van der Waals surface area contributed by atoms with Crippen LogP contribution < -0.4 is 16.4 Å². The Kier molecular flexibility index (Phi) is 3.46. The second-order valence-electron chi connectivity index (χ2n) is 4.08. The maximum absolute atomic E-state index is 11.2. The lowest BCUT2D eigenvalue weighted by Gasteiger charge is -2.32. The molecule has 1 atom stereocenters. The number of hydrogen-bond acceptors (Lipinski definition) is 5. The Bertz CT molecular complexity index is 439. The van der Waals surface area contributed by atoms with Crippen molar-refractivity contribution in [3.63, 3.8) is 0 Å². The Labute approximate surface area is 108 Å². The van der Waals surface area contributed by atoms with Crippen molar-refractivity contribution in [3.8, 4) is 0 Å². The fourth-order valence-corrected chi connectivity index (χ4v) is 2.45. The third kappa shape index (κ3) is 2.49. The molecule has 17 heavy (non-hydrogen) atoms. The molecule has 0 aromatic carbocycles. The highest BCUT2D eigenvalue weighted by Gasteiger charge is 2.26. The molecule has 7 heteroatoms. The van der Waals surface area contributed by atoms with Crippen LogP contribution in [0.1, 0.15) is 12.8 Å². The van der Waals surface area contributed by atoms with Crippen LogP contribution in [0.3, 0.4) is 0 Å². The Hall–Kier alpha value is -1.37. The average Bonchev–Trinajstić information content (AvgIpc) is 2.33. The number of primary amides is 1. The molecule has 4 N–H and O–H groups in total. The number of nitrogen functional groups attached to an aromatic ring is 1. The van der Waals surface area contributed by atoms with Crippen LogP contribution in [-0.2, 0) is 4.79 Å². The minimum atomic E-state index is -0.257. The van der Waals surface area contributed by atoms with Crippen LogP contribution in [-0.4, -0.2) is 29.0 Å². The Morgan fingerprint density at radius 1 is 1.53 bits per heavy atom. The summed E-state index contributed by atoms with van der Waals surface area (Å²) >= 11 is 3.36. The van der Waals surface area contributed by atoms with Gasteiger partial charge in [0.1, 0.15) is 22.4 Å². The van der Waals surface area contributed by atoms with Gasteiger partial charge in [0, 0.05) is 13.1 Å². The Morgan fingerprint density at radius 3 is 3.00 bits per heavy atom. The van der Waals surface area contributed by atoms with Crippen molar-refractivity contribution >= 4 is 33.5 Å². The fraction of sp³-hybridized carbons (Fsp3) is 0.500. The normalized spacial score (nSPS) is 20.3. The number of nitrogens with two attached hydrogens (primary N) is 2. The summed E-state index contributed by atoms with van der Waals surface area (Å²) in [6.07, 6.45) is 3.18. The second-order valence-corrected chi connectivity index (χ2v) is 4.88. The predicted molar refractivity (Wildman–Crippen MR) is 68.3 cm³/mol. The molecule has 0 spiro atoms. The van der Waals surface area contributed by atoms with Crippen molar-refractivity contribution in [2.75, 3.05) is 23.7 Å². The first kappa shape index (κ1) is 12.1. The zero-order chi connectivity index (χ0) is 12.4. The number of nitrogens with zero attached hydrogens (tertiary/aromatic N) is 3. The van der Waals surface area contributed by atoms with Crippen molar-refractivity contribution in [2.24, 2.45) is 11.7 Å². The van der Waals surface area contributed by atoms with E-state index in [1.165, 1.54) is 6.33 Å². The maximum atomic E-state index is 11.2. The molecule has 0 aliphatic carbocycles. The molecule has 1 amide bonds. The maximum Gasteiger partial charge on any atom is 0.222 e. The molecule has 1 aromatic heterocycles. The zero-order valence-electron chi connectivity index (χ0n) is 9.27. The van der Waals surface area contributed by atoms with E-state index in [9.17, 15) is 4.79 Å². The van der Waals surface area contributed by atoms with Crippen LogP contribution in [0.15, 0.2) is 10.8 Å². The van der Waals surface area contributed by atoms with E-state index < -0.39 is 0 Å². The van der Waals surface area contributed by atoms with E-state index >= 15 is 0 Å². The van der Waals surface area contributed by atoms with Crippen LogP contribution in [0.25, 0.3) is 0 Å². The third-order valence-electron chi connectivity index (χ3n) is 2.92. The molecule has 0 saturated carbocycles. The van der Waals surface area contributed by atoms with Crippen molar-refractivity contribution in [3.05, 3.63) is 10.8 Å². The number of carbonyl (C=O) groups is 1. The van der Waals surface area contributed by atoms with Crippen molar-refractivity contribution in [1.82, 2.24) is 9.97 Å². The number of hydrogen-bond donors (Lipinski definition) is 2. The van der Waals surface area contributed by atoms with Gasteiger partial charge in [-0.1, -0.05) is 0 Å². The number of rotatable bonds is 2. The van der Waals surface area contributed by atoms with E-state index in [1.54, 1.807) is 0 Å². The Morgan fingerprint density at radius 2 is 2.29 bits per heavy atom. The second kappa shape index (κ2) is 4.87. The Balaban J connectivity index is 2.22. The number of piperidine rings is 1. The lowest BCUT2D eigenvalue weighted by atomic mass is 9.97. The topological polar surface area (TPSA) is 98.1 Å². The summed E-state index contributed by atoms with van der Waals surface area (Å²) in [5, 5.41) is 0. The van der Waals surface area contributed by atoms with E-state index in [-0.39, 0.29) is 11.8 Å². The van der Waals surface area contributed by atoms with Gasteiger partial charge >= 0.3 is 0 Å². The monoisotopic (exact) mass is 299 g/mol. The highest BCUT2D eigenvalue weighted by atomic mass is 79.9. The van der Waals surface area contributed by atoms with E-state index in [4.69, 9.17) is 11.5 Å². The molecule has 1 saturated heterocycles. The minimum absolute atomic E-state index is 0.119. The number of halogens is 1. The summed E-state index contributed by atoms with van der Waals surface area (Å²) in [6.45, 7) is 1.43. The molecular weight excluding hydrogens is 286 g/mol. The zero-order valence-corrected chi connectivity index (χ0v) is 10.9. The van der Waals surface area contributed by atoms with Gasteiger partial charge in [-0.2, -0.15) is 0 Å². The average molecular weight is 300 g/mol. The summed E-state index contributed by atoms with van der Waals surface area (Å²) in [5.41, 5.74) is 11.0. The van der Waals surface area contributed by atoms with E-state index in [0.717, 1.165) is 25.2 Å². The molecule has 2 rings (SSSR count). The molecule has 1 unspecified atom stereocenters. The summed E-state index contributed by atoms with van der Waals surface area (Å²) in [6, 6.07) is 0. The summed E-state index contributed by atoms with van der Waals surface area (Å²) < 4.78 is 0.671. The third-order valence-corrected chi connectivity index (χ3v) is 3.68. The van der Waals surface area contributed by atoms with Gasteiger partial charge in [-0.25, -0.2) is 9.97 Å². The molecular formula is C10H14BrN5O. The minimum Gasteiger partial charge on any atom is -0.383 e. The van der Waals surface area contributed by atoms with Gasteiger partial charge in [-0.3, -0.25) is 4.79 Å². The molecule has 0 radical (unpaired) electrons. The first-order valence-corrected chi connectivity index (χ1v) is 6.19. The quantitative estimate of drug-likeness (QED) is 0.830. The molecule has 1 aliphatic heterocycles. The van der Waals surface area contributed by atoms with Gasteiger partial charge in [0.15, 0.2) is 0 Å². The molecule has 1 aromatic rings. The molecule has 92 valence electrons. The van der Waals surface area contributed by atoms with E-state index in [2.05, 4.69) is 25.9 Å². The van der Waals surface area contributed by atoms with E-state index in [0.29, 0.717) is 16.8 Å². The number of amides is 1. The lowest BCUT2D eigenvalue weighted by Crippen LogP contribution is -2.41. The fourth-order valence-electron chi connectivity index (χ4n) is 2.00. The van der Waals surface area contributed by atoms with Gasteiger partial charge < -0.3 is 16.4 Å². The largest absolute Gasteiger partial charge is 0.383 e. The molecule has 1 fully saturated rings. The van der Waals surface area contributed by atoms with Crippen LogP contribution in [0.5, 0.6) is 0 Å². The number of anilines is 2. The van der Waals surface area contributed by atoms with Crippen molar-refractivity contribution in [1.29, 1.82) is 0 Å². The number of carbonyl (C=O) groups excluding carboxylic acids is 1. The van der Waals surface area contributed by atoms with Gasteiger partial charge in [0.2, 0.25) is 5.91 Å². The van der Waals surface area contributed by atoms with Crippen molar-refractivity contribution < 1.29 is 4.79 Å². The number of aromatic nitrogens is 2. The van der Waals surface area contributed by atoms with Gasteiger partial charge in [0.05, 0.1) is 5.92 Å². The van der Waals surface area contributed by atoms with Crippen LogP contribution in [0.4, 0.5) is 11.6 Å². The smallest absolute Gasteiger partial charge is 0.222 e. The highest BCUT2D eigenvalue weighted by Crippen LogP contribution is 2.30. The lowest BCUT2D eigenvalue weighted by molar-refractivity contribution is -0.122. The van der Waals surface area contributed by atoms with Crippen LogP contribution in [0.2, 0.25) is 0 Å². The van der Waals surface area contributed by atoms with Crippen LogP contribution >= 0.6 is 15.9 Å². The predicted octanol–water partition coefficient (Wildman–Crippen LogP) is 0.523. The summed E-state index contributed by atoms with van der Waals surface area (Å²) in [4.78, 5) is 21.3. The standard InChI is InChI=1S/C10H14BrN5O/c11-7-8(12)14-5-15-10(7)16-3-1-2-6(4-16)9(13)17/h5-6H,1-4H2,(H2,13,17)(H2,12,14,15). The molecule has 1 aliphatic rings. The SMILES string of the molecule is NC(=O)C1CCCN(c2ncnc(N)c2Br)C1. The van der Waals surface area contributed by atoms with Crippen LogP contribution in [0, 0.1) is 5.92 Å². The van der Waals surface area contributed by atoms with Gasteiger partial charge in [-0.15, -0.1) is 0 Å². The summed E-state index contributed by atoms with van der Waals surface area (Å²) in [7, 11) is 0. The van der Waals surface area contributed by atoms with E-state index in [1.807, 2.05) is 4.90 Å². The van der Waals surface area contributed by atoms with Crippen molar-refractivity contribution in [2.45, 2.75) is 12.8 Å².